The zero-order chi connectivity index (χ0) is 14.0. The van der Waals surface area contributed by atoms with Gasteiger partial charge in [0.15, 0.2) is 11.6 Å². The van der Waals surface area contributed by atoms with E-state index < -0.39 is 17.3 Å². The van der Waals surface area contributed by atoms with Crippen LogP contribution in [0.4, 0.5) is 4.39 Å². The van der Waals surface area contributed by atoms with Crippen molar-refractivity contribution in [3.8, 4) is 5.75 Å². The van der Waals surface area contributed by atoms with Crippen LogP contribution in [0.2, 0.25) is 0 Å². The minimum Gasteiger partial charge on any atom is -0.488 e. The number of ether oxygens (including phenoxy) is 1. The highest BCUT2D eigenvalue weighted by Crippen LogP contribution is 2.24. The summed E-state index contributed by atoms with van der Waals surface area (Å²) < 4.78 is 19.2. The molecular formula is C14H19FN2O2. The first-order valence-corrected chi connectivity index (χ1v) is 6.38. The van der Waals surface area contributed by atoms with Crippen LogP contribution in [-0.2, 0) is 4.79 Å². The Bertz CT molecular complexity index is 488. The Hall–Kier alpha value is -1.62. The van der Waals surface area contributed by atoms with Crippen molar-refractivity contribution in [2.24, 2.45) is 5.73 Å². The van der Waals surface area contributed by atoms with Gasteiger partial charge in [0.05, 0.1) is 0 Å². The Balaban J connectivity index is 2.05. The highest BCUT2D eigenvalue weighted by atomic mass is 19.1. The van der Waals surface area contributed by atoms with E-state index in [1.807, 2.05) is 0 Å². The standard InChI is InChI=1S/C14H19FN2O2/c1-9-4-3-5-11(12(9)15)19-8-14(2,13(16)18)17-10-6-7-10/h3-5,10,17H,6-8H2,1-2H3,(H2,16,18). The molecule has 0 aliphatic heterocycles. The van der Waals surface area contributed by atoms with Crippen LogP contribution < -0.4 is 15.8 Å². The average Bonchev–Trinajstić information content (AvgIpc) is 3.15. The smallest absolute Gasteiger partial charge is 0.240 e. The second-order valence-electron chi connectivity index (χ2n) is 5.29. The Morgan fingerprint density at radius 2 is 2.26 bits per heavy atom. The minimum absolute atomic E-state index is 0.0131. The third-order valence-electron chi connectivity index (χ3n) is 3.32. The average molecular weight is 266 g/mol. The molecule has 1 atom stereocenters. The van der Waals surface area contributed by atoms with Gasteiger partial charge >= 0.3 is 0 Å². The molecule has 1 amide bonds. The van der Waals surface area contributed by atoms with Gasteiger partial charge in [-0.3, -0.25) is 10.1 Å². The first-order chi connectivity index (χ1) is 8.92. The number of rotatable bonds is 6. The van der Waals surface area contributed by atoms with Gasteiger partial charge in [-0.2, -0.15) is 0 Å². The van der Waals surface area contributed by atoms with Crippen molar-refractivity contribution in [3.63, 3.8) is 0 Å². The Morgan fingerprint density at radius 3 is 2.84 bits per heavy atom. The maximum absolute atomic E-state index is 13.8. The second-order valence-corrected chi connectivity index (χ2v) is 5.29. The number of halogens is 1. The number of carbonyl (C=O) groups excluding carboxylic acids is 1. The van der Waals surface area contributed by atoms with Crippen LogP contribution in [0.15, 0.2) is 18.2 Å². The summed E-state index contributed by atoms with van der Waals surface area (Å²) in [6.07, 6.45) is 2.06. The lowest BCUT2D eigenvalue weighted by atomic mass is 10.0. The fraction of sp³-hybridized carbons (Fsp3) is 0.500. The summed E-state index contributed by atoms with van der Waals surface area (Å²) in [5.41, 5.74) is 4.94. The summed E-state index contributed by atoms with van der Waals surface area (Å²) in [6.45, 7) is 3.36. The summed E-state index contributed by atoms with van der Waals surface area (Å²) >= 11 is 0. The summed E-state index contributed by atoms with van der Waals surface area (Å²) in [4.78, 5) is 11.5. The van der Waals surface area contributed by atoms with Crippen molar-refractivity contribution in [2.45, 2.75) is 38.3 Å². The number of amides is 1. The molecule has 1 saturated carbocycles. The third-order valence-corrected chi connectivity index (χ3v) is 3.32. The maximum Gasteiger partial charge on any atom is 0.240 e. The molecule has 1 aliphatic rings. The van der Waals surface area contributed by atoms with Gasteiger partial charge in [0.1, 0.15) is 12.1 Å². The maximum atomic E-state index is 13.8. The van der Waals surface area contributed by atoms with Crippen molar-refractivity contribution >= 4 is 5.91 Å². The monoisotopic (exact) mass is 266 g/mol. The summed E-state index contributed by atoms with van der Waals surface area (Å²) in [6, 6.07) is 5.23. The summed E-state index contributed by atoms with van der Waals surface area (Å²) in [7, 11) is 0. The van der Waals surface area contributed by atoms with Crippen LogP contribution in [0.3, 0.4) is 0 Å². The van der Waals surface area contributed by atoms with E-state index in [2.05, 4.69) is 5.32 Å². The van der Waals surface area contributed by atoms with Gasteiger partial charge in [0, 0.05) is 6.04 Å². The van der Waals surface area contributed by atoms with Gasteiger partial charge in [-0.1, -0.05) is 12.1 Å². The molecule has 0 spiro atoms. The van der Waals surface area contributed by atoms with Crippen molar-refractivity contribution in [1.82, 2.24) is 5.32 Å². The second kappa shape index (κ2) is 5.17. The molecule has 0 radical (unpaired) electrons. The molecule has 19 heavy (non-hydrogen) atoms. The zero-order valence-electron chi connectivity index (χ0n) is 11.2. The molecule has 3 N–H and O–H groups in total. The first-order valence-electron chi connectivity index (χ1n) is 6.38. The quantitative estimate of drug-likeness (QED) is 0.820. The van der Waals surface area contributed by atoms with Crippen molar-refractivity contribution < 1.29 is 13.9 Å². The van der Waals surface area contributed by atoms with Gasteiger partial charge in [0.25, 0.3) is 0 Å². The number of primary amides is 1. The first kappa shape index (κ1) is 13.8. The Morgan fingerprint density at radius 1 is 1.58 bits per heavy atom. The Labute approximate surface area is 112 Å². The van der Waals surface area contributed by atoms with Crippen LogP contribution in [0.25, 0.3) is 0 Å². The Kier molecular flexibility index (Phi) is 3.75. The van der Waals surface area contributed by atoms with Crippen LogP contribution >= 0.6 is 0 Å². The van der Waals surface area contributed by atoms with Gasteiger partial charge in [-0.15, -0.1) is 0 Å². The van der Waals surface area contributed by atoms with Crippen molar-refractivity contribution in [1.29, 1.82) is 0 Å². The van der Waals surface area contributed by atoms with E-state index >= 15 is 0 Å². The molecule has 5 heteroatoms. The highest BCUT2D eigenvalue weighted by molar-refractivity contribution is 5.84. The number of hydrogen-bond acceptors (Lipinski definition) is 3. The molecule has 1 unspecified atom stereocenters. The number of carbonyl (C=O) groups is 1. The highest BCUT2D eigenvalue weighted by Gasteiger charge is 2.38. The zero-order valence-corrected chi connectivity index (χ0v) is 11.2. The molecule has 0 heterocycles. The van der Waals surface area contributed by atoms with Crippen molar-refractivity contribution in [2.75, 3.05) is 6.61 Å². The third kappa shape index (κ3) is 3.23. The lowest BCUT2D eigenvalue weighted by molar-refractivity contribution is -0.125. The fourth-order valence-corrected chi connectivity index (χ4v) is 1.82. The number of aryl methyl sites for hydroxylation is 1. The molecule has 1 fully saturated rings. The molecule has 1 aliphatic carbocycles. The number of nitrogens with one attached hydrogen (secondary N) is 1. The minimum atomic E-state index is -0.975. The summed E-state index contributed by atoms with van der Waals surface area (Å²) in [5.74, 6) is -0.752. The predicted octanol–water partition coefficient (Wildman–Crippen LogP) is 1.51. The van der Waals surface area contributed by atoms with Crippen LogP contribution in [-0.4, -0.2) is 24.1 Å². The summed E-state index contributed by atoms with van der Waals surface area (Å²) in [5, 5.41) is 3.15. The van der Waals surface area contributed by atoms with Crippen LogP contribution in [0.5, 0.6) is 5.75 Å². The van der Waals surface area contributed by atoms with E-state index in [-0.39, 0.29) is 12.4 Å². The lowest BCUT2D eigenvalue weighted by Gasteiger charge is -2.27. The number of benzene rings is 1. The van der Waals surface area contributed by atoms with E-state index in [9.17, 15) is 9.18 Å². The van der Waals surface area contributed by atoms with E-state index in [0.29, 0.717) is 11.6 Å². The molecule has 2 rings (SSSR count). The normalized spacial score (nSPS) is 17.8. The SMILES string of the molecule is Cc1cccc(OCC(C)(NC2CC2)C(N)=O)c1F. The number of nitrogens with two attached hydrogens (primary N) is 1. The number of hydrogen-bond donors (Lipinski definition) is 2. The van der Waals surface area contributed by atoms with Crippen molar-refractivity contribution in [3.05, 3.63) is 29.6 Å². The largest absolute Gasteiger partial charge is 0.488 e. The van der Waals surface area contributed by atoms with E-state index in [1.165, 1.54) is 0 Å². The molecule has 1 aromatic rings. The molecule has 1 aromatic carbocycles. The van der Waals surface area contributed by atoms with Gasteiger partial charge in [0.2, 0.25) is 5.91 Å². The van der Waals surface area contributed by atoms with Gasteiger partial charge in [-0.25, -0.2) is 4.39 Å². The van der Waals surface area contributed by atoms with E-state index in [0.717, 1.165) is 12.8 Å². The molecular weight excluding hydrogens is 247 g/mol. The molecule has 104 valence electrons. The van der Waals surface area contributed by atoms with E-state index in [4.69, 9.17) is 10.5 Å². The fourth-order valence-electron chi connectivity index (χ4n) is 1.82. The molecule has 4 nitrogen and oxygen atoms in total. The predicted molar refractivity (Wildman–Crippen MR) is 70.4 cm³/mol. The molecule has 0 bridgehead atoms. The van der Waals surface area contributed by atoms with Crippen LogP contribution in [0, 0.1) is 12.7 Å². The molecule has 0 saturated heterocycles. The van der Waals surface area contributed by atoms with Gasteiger partial charge < -0.3 is 10.5 Å². The van der Waals surface area contributed by atoms with Crippen LogP contribution in [0.1, 0.15) is 25.3 Å². The topological polar surface area (TPSA) is 64.3 Å². The molecule has 0 aromatic heterocycles. The van der Waals surface area contributed by atoms with E-state index in [1.54, 1.807) is 32.0 Å². The lowest BCUT2D eigenvalue weighted by Crippen LogP contribution is -2.57. The van der Waals surface area contributed by atoms with Gasteiger partial charge in [-0.05, 0) is 38.3 Å².